The predicted octanol–water partition coefficient (Wildman–Crippen LogP) is 1.30. The van der Waals surface area contributed by atoms with Crippen molar-refractivity contribution < 1.29 is 13.2 Å². The number of carbonyl (C=O) groups excluding carboxylic acids is 1. The summed E-state index contributed by atoms with van der Waals surface area (Å²) in [7, 11) is -2.98. The van der Waals surface area contributed by atoms with Gasteiger partial charge in [-0.25, -0.2) is 8.42 Å². The molecule has 0 bridgehead atoms. The van der Waals surface area contributed by atoms with Gasteiger partial charge in [0.2, 0.25) is 0 Å². The van der Waals surface area contributed by atoms with Gasteiger partial charge < -0.3 is 4.90 Å². The molecule has 1 saturated heterocycles. The first-order chi connectivity index (χ1) is 7.89. The van der Waals surface area contributed by atoms with Crippen molar-refractivity contribution in [2.45, 2.75) is 17.9 Å². The zero-order valence-electron chi connectivity index (χ0n) is 9.29. The van der Waals surface area contributed by atoms with Gasteiger partial charge in [-0.3, -0.25) is 4.79 Å². The summed E-state index contributed by atoms with van der Waals surface area (Å²) in [5.41, 5.74) is 0. The Morgan fingerprint density at radius 2 is 2.29 bits per heavy atom. The first kappa shape index (κ1) is 12.9. The molecule has 1 aromatic heterocycles. The maximum Gasteiger partial charge on any atom is 0.264 e. The number of carbonyl (C=O) groups is 1. The number of rotatable bonds is 1. The third-order valence-electron chi connectivity index (χ3n) is 2.73. The molecule has 2 heterocycles. The van der Waals surface area contributed by atoms with Crippen molar-refractivity contribution in [1.82, 2.24) is 4.90 Å². The van der Waals surface area contributed by atoms with Crippen molar-refractivity contribution in [2.24, 2.45) is 0 Å². The minimum Gasteiger partial charge on any atom is -0.333 e. The number of hydrogen-bond donors (Lipinski definition) is 1. The highest BCUT2D eigenvalue weighted by Crippen LogP contribution is 2.22. The van der Waals surface area contributed by atoms with E-state index in [0.29, 0.717) is 4.88 Å². The third kappa shape index (κ3) is 2.83. The molecule has 0 N–H and O–H groups in total. The zero-order valence-corrected chi connectivity index (χ0v) is 11.8. The molecular formula is C10H13NO3S3. The van der Waals surface area contributed by atoms with Crippen LogP contribution in [0.2, 0.25) is 0 Å². The summed E-state index contributed by atoms with van der Waals surface area (Å²) in [6.07, 6.45) is 0. The van der Waals surface area contributed by atoms with E-state index in [1.807, 2.05) is 0 Å². The van der Waals surface area contributed by atoms with Gasteiger partial charge >= 0.3 is 0 Å². The first-order valence-electron chi connectivity index (χ1n) is 5.18. The third-order valence-corrected chi connectivity index (χ3v) is 5.87. The van der Waals surface area contributed by atoms with Crippen molar-refractivity contribution in [3.63, 3.8) is 0 Å². The van der Waals surface area contributed by atoms with E-state index in [-0.39, 0.29) is 30.0 Å². The first-order valence-corrected chi connectivity index (χ1v) is 8.33. The highest BCUT2D eigenvalue weighted by molar-refractivity contribution is 7.91. The maximum atomic E-state index is 12.1. The van der Waals surface area contributed by atoms with Crippen molar-refractivity contribution in [2.75, 3.05) is 18.1 Å². The fourth-order valence-corrected chi connectivity index (χ4v) is 4.54. The van der Waals surface area contributed by atoms with Crippen molar-refractivity contribution >= 4 is 39.7 Å². The molecule has 1 aromatic rings. The van der Waals surface area contributed by atoms with Crippen molar-refractivity contribution in [3.8, 4) is 0 Å². The van der Waals surface area contributed by atoms with Crippen LogP contribution in [0.1, 0.15) is 16.6 Å². The summed E-state index contributed by atoms with van der Waals surface area (Å²) in [5.74, 6) is 0.0118. The summed E-state index contributed by atoms with van der Waals surface area (Å²) < 4.78 is 22.8. The molecule has 2 rings (SSSR count). The van der Waals surface area contributed by atoms with Crippen LogP contribution in [0.3, 0.4) is 0 Å². The van der Waals surface area contributed by atoms with Gasteiger partial charge in [-0.15, -0.1) is 24.0 Å². The number of thiol groups is 1. The Morgan fingerprint density at radius 1 is 1.59 bits per heavy atom. The molecule has 1 unspecified atom stereocenters. The second-order valence-corrected chi connectivity index (χ2v) is 7.79. The van der Waals surface area contributed by atoms with Crippen molar-refractivity contribution in [3.05, 3.63) is 16.3 Å². The van der Waals surface area contributed by atoms with Gasteiger partial charge in [0.1, 0.15) is 0 Å². The molecule has 94 valence electrons. The van der Waals surface area contributed by atoms with Crippen LogP contribution < -0.4 is 0 Å². The van der Waals surface area contributed by atoms with Crippen molar-refractivity contribution in [1.29, 1.82) is 0 Å². The standard InChI is InChI=1S/C10H13NO3S3/c1-7-6-17(13,14)3-2-11(7)10(12)9-4-8(15)5-16-9/h4-5,7,15H,2-3,6H2,1H3. The minimum atomic E-state index is -2.98. The Bertz CT molecular complexity index is 535. The molecule has 17 heavy (non-hydrogen) atoms. The summed E-state index contributed by atoms with van der Waals surface area (Å²) in [4.78, 5) is 15.1. The van der Waals surface area contributed by atoms with E-state index < -0.39 is 9.84 Å². The summed E-state index contributed by atoms with van der Waals surface area (Å²) >= 11 is 5.49. The lowest BCUT2D eigenvalue weighted by Crippen LogP contribution is -2.49. The smallest absolute Gasteiger partial charge is 0.264 e. The lowest BCUT2D eigenvalue weighted by molar-refractivity contribution is 0.0717. The Labute approximate surface area is 110 Å². The quantitative estimate of drug-likeness (QED) is 0.794. The van der Waals surface area contributed by atoms with Crippen LogP contribution in [0.5, 0.6) is 0 Å². The zero-order chi connectivity index (χ0) is 12.6. The Morgan fingerprint density at radius 3 is 2.82 bits per heavy atom. The fraction of sp³-hybridized carbons (Fsp3) is 0.500. The minimum absolute atomic E-state index is 0.0534. The number of amides is 1. The molecule has 0 radical (unpaired) electrons. The Hall–Kier alpha value is -0.530. The average Bonchev–Trinajstić information content (AvgIpc) is 2.62. The fourth-order valence-electron chi connectivity index (χ4n) is 1.88. The Balaban J connectivity index is 2.16. The number of sulfone groups is 1. The highest BCUT2D eigenvalue weighted by Gasteiger charge is 2.32. The predicted molar refractivity (Wildman–Crippen MR) is 70.7 cm³/mol. The molecule has 0 saturated carbocycles. The average molecular weight is 291 g/mol. The SMILES string of the molecule is CC1CS(=O)(=O)CCN1C(=O)c1cc(S)cs1. The van der Waals surface area contributed by atoms with E-state index in [1.165, 1.54) is 11.3 Å². The largest absolute Gasteiger partial charge is 0.333 e. The summed E-state index contributed by atoms with van der Waals surface area (Å²) in [5, 5.41) is 1.79. The van der Waals surface area contributed by atoms with Crippen LogP contribution >= 0.6 is 24.0 Å². The topological polar surface area (TPSA) is 54.5 Å². The van der Waals surface area contributed by atoms with Crippen LogP contribution in [0.4, 0.5) is 0 Å². The normalized spacial score (nSPS) is 23.6. The number of hydrogen-bond acceptors (Lipinski definition) is 5. The van der Waals surface area contributed by atoms with Gasteiger partial charge in [-0.1, -0.05) is 0 Å². The van der Waals surface area contributed by atoms with Crippen LogP contribution in [-0.4, -0.2) is 43.3 Å². The van der Waals surface area contributed by atoms with E-state index in [0.717, 1.165) is 4.90 Å². The second kappa shape index (κ2) is 4.62. The molecule has 1 aliphatic heterocycles. The molecule has 1 fully saturated rings. The Kier molecular flexibility index (Phi) is 3.51. The van der Waals surface area contributed by atoms with Gasteiger partial charge in [0.15, 0.2) is 9.84 Å². The van der Waals surface area contributed by atoms with Gasteiger partial charge in [0, 0.05) is 22.9 Å². The van der Waals surface area contributed by atoms with Gasteiger partial charge in [-0.05, 0) is 13.0 Å². The summed E-state index contributed by atoms with van der Waals surface area (Å²) in [6, 6.07) is 1.46. The van der Waals surface area contributed by atoms with Crippen LogP contribution in [0, 0.1) is 0 Å². The van der Waals surface area contributed by atoms with E-state index in [2.05, 4.69) is 12.6 Å². The molecular weight excluding hydrogens is 278 g/mol. The molecule has 0 aliphatic carbocycles. The molecule has 0 spiro atoms. The van der Waals surface area contributed by atoms with Crippen LogP contribution in [-0.2, 0) is 9.84 Å². The van der Waals surface area contributed by atoms with E-state index in [9.17, 15) is 13.2 Å². The molecule has 1 amide bonds. The lowest BCUT2D eigenvalue weighted by atomic mass is 10.3. The summed E-state index contributed by atoms with van der Waals surface area (Å²) in [6.45, 7) is 2.05. The molecule has 1 aliphatic rings. The molecule has 1 atom stereocenters. The monoisotopic (exact) mass is 291 g/mol. The van der Waals surface area contributed by atoms with E-state index in [4.69, 9.17) is 0 Å². The van der Waals surface area contributed by atoms with E-state index >= 15 is 0 Å². The molecule has 4 nitrogen and oxygen atoms in total. The van der Waals surface area contributed by atoms with Crippen LogP contribution in [0.25, 0.3) is 0 Å². The van der Waals surface area contributed by atoms with Gasteiger partial charge in [-0.2, -0.15) is 0 Å². The highest BCUT2D eigenvalue weighted by atomic mass is 32.2. The van der Waals surface area contributed by atoms with Gasteiger partial charge in [0.05, 0.1) is 16.4 Å². The number of thiophene rings is 1. The molecule has 7 heteroatoms. The molecule has 0 aromatic carbocycles. The second-order valence-electron chi connectivity index (χ2n) is 4.13. The lowest BCUT2D eigenvalue weighted by Gasteiger charge is -2.32. The van der Waals surface area contributed by atoms with Crippen LogP contribution in [0.15, 0.2) is 16.3 Å². The van der Waals surface area contributed by atoms with E-state index in [1.54, 1.807) is 23.3 Å². The number of nitrogens with zero attached hydrogens (tertiary/aromatic N) is 1. The maximum absolute atomic E-state index is 12.1. The van der Waals surface area contributed by atoms with Gasteiger partial charge in [0.25, 0.3) is 5.91 Å².